The van der Waals surface area contributed by atoms with Gasteiger partial charge in [0.15, 0.2) is 0 Å². The van der Waals surface area contributed by atoms with Gasteiger partial charge < -0.3 is 10.1 Å². The number of hydrogen-bond donors (Lipinski definition) is 2. The van der Waals surface area contributed by atoms with E-state index in [-0.39, 0.29) is 11.7 Å². The van der Waals surface area contributed by atoms with Crippen LogP contribution in [0.1, 0.15) is 30.7 Å². The molecule has 1 unspecified atom stereocenters. The van der Waals surface area contributed by atoms with Crippen LogP contribution < -0.4 is 0 Å². The Labute approximate surface area is 128 Å². The van der Waals surface area contributed by atoms with Crippen molar-refractivity contribution in [1.82, 2.24) is 9.97 Å². The van der Waals surface area contributed by atoms with Gasteiger partial charge in [-0.3, -0.25) is 0 Å². The van der Waals surface area contributed by atoms with Crippen LogP contribution in [0.25, 0.3) is 10.8 Å². The molecule has 0 spiro atoms. The van der Waals surface area contributed by atoms with E-state index in [0.29, 0.717) is 16.6 Å². The third kappa shape index (κ3) is 2.11. The van der Waals surface area contributed by atoms with Crippen LogP contribution in [-0.2, 0) is 5.60 Å². The molecule has 0 aliphatic carbocycles. The molecule has 0 radical (unpaired) electrons. The van der Waals surface area contributed by atoms with Crippen molar-refractivity contribution >= 4 is 10.8 Å². The summed E-state index contributed by atoms with van der Waals surface area (Å²) in [4.78, 5) is 7.00. The van der Waals surface area contributed by atoms with Crippen molar-refractivity contribution in [2.24, 2.45) is 5.92 Å². The molecule has 2 N–H and O–H groups in total. The van der Waals surface area contributed by atoms with Crippen molar-refractivity contribution in [3.8, 4) is 0 Å². The maximum Gasteiger partial charge on any atom is 0.133 e. The Morgan fingerprint density at radius 2 is 2.00 bits per heavy atom. The summed E-state index contributed by atoms with van der Waals surface area (Å²) < 4.78 is 14.2. The number of rotatable bonds is 3. The van der Waals surface area contributed by atoms with E-state index in [1.54, 1.807) is 37.6 Å². The molecule has 0 saturated heterocycles. The van der Waals surface area contributed by atoms with Gasteiger partial charge in [-0.1, -0.05) is 38.1 Å². The topological polar surface area (TPSA) is 48.9 Å². The summed E-state index contributed by atoms with van der Waals surface area (Å²) in [5, 5.41) is 12.6. The van der Waals surface area contributed by atoms with E-state index in [0.717, 1.165) is 10.9 Å². The van der Waals surface area contributed by atoms with Gasteiger partial charge in [0, 0.05) is 5.39 Å². The molecule has 3 aromatic rings. The summed E-state index contributed by atoms with van der Waals surface area (Å²) in [6, 6.07) is 9.00. The lowest BCUT2D eigenvalue weighted by Gasteiger charge is -2.32. The van der Waals surface area contributed by atoms with Crippen molar-refractivity contribution in [3.63, 3.8) is 0 Å². The van der Waals surface area contributed by atoms with Crippen LogP contribution >= 0.6 is 0 Å². The molecule has 4 heteroatoms. The summed E-state index contributed by atoms with van der Waals surface area (Å²) >= 11 is 0. The monoisotopic (exact) mass is 298 g/mol. The molecule has 0 bridgehead atoms. The van der Waals surface area contributed by atoms with Gasteiger partial charge in [-0.15, -0.1) is 0 Å². The number of nitrogens with one attached hydrogen (secondary N) is 1. The summed E-state index contributed by atoms with van der Waals surface area (Å²) in [5.74, 6) is -0.278. The molecule has 22 heavy (non-hydrogen) atoms. The van der Waals surface area contributed by atoms with Gasteiger partial charge in [-0.2, -0.15) is 0 Å². The predicted octanol–water partition coefficient (Wildman–Crippen LogP) is 3.90. The number of imidazole rings is 1. The molecule has 0 aliphatic heterocycles. The minimum atomic E-state index is -1.19. The first-order chi connectivity index (χ1) is 10.4. The summed E-state index contributed by atoms with van der Waals surface area (Å²) in [5.41, 5.74) is 0.788. The Balaban J connectivity index is 2.22. The second kappa shape index (κ2) is 5.21. The lowest BCUT2D eigenvalue weighted by Crippen LogP contribution is -2.33. The second-order valence-corrected chi connectivity index (χ2v) is 6.02. The van der Waals surface area contributed by atoms with E-state index in [9.17, 15) is 9.50 Å². The van der Waals surface area contributed by atoms with Crippen LogP contribution in [0.4, 0.5) is 4.39 Å². The van der Waals surface area contributed by atoms with E-state index >= 15 is 0 Å². The van der Waals surface area contributed by atoms with Gasteiger partial charge in [0.05, 0.1) is 18.2 Å². The molecule has 1 heterocycles. The number of nitrogens with zero attached hydrogens (tertiary/aromatic N) is 1. The van der Waals surface area contributed by atoms with Gasteiger partial charge >= 0.3 is 0 Å². The summed E-state index contributed by atoms with van der Waals surface area (Å²) in [6.07, 6.45) is 3.17. The number of aromatic amines is 1. The SMILES string of the molecule is Cc1ccc2cc(C(O)(c3cnc[nH]3)C(C)C)ccc2c1F. The number of aromatic nitrogens is 2. The second-order valence-electron chi connectivity index (χ2n) is 6.02. The minimum absolute atomic E-state index is 0.0688. The van der Waals surface area contributed by atoms with Gasteiger partial charge in [-0.05, 0) is 35.4 Å². The van der Waals surface area contributed by atoms with Crippen molar-refractivity contribution in [2.75, 3.05) is 0 Å². The zero-order valence-electron chi connectivity index (χ0n) is 12.9. The lowest BCUT2D eigenvalue weighted by molar-refractivity contribution is 0.0280. The van der Waals surface area contributed by atoms with Crippen molar-refractivity contribution < 1.29 is 9.50 Å². The fraction of sp³-hybridized carbons (Fsp3) is 0.278. The van der Waals surface area contributed by atoms with Crippen LogP contribution in [0.15, 0.2) is 42.9 Å². The van der Waals surface area contributed by atoms with Crippen LogP contribution in [0.2, 0.25) is 0 Å². The quantitative estimate of drug-likeness (QED) is 0.770. The molecule has 3 rings (SSSR count). The van der Waals surface area contributed by atoms with Gasteiger partial charge in [0.2, 0.25) is 0 Å². The van der Waals surface area contributed by atoms with E-state index in [1.165, 1.54) is 0 Å². The number of aliphatic hydroxyl groups is 1. The third-order valence-corrected chi connectivity index (χ3v) is 4.33. The molecular formula is C18H19FN2O. The van der Waals surface area contributed by atoms with Crippen molar-refractivity contribution in [2.45, 2.75) is 26.4 Å². The molecule has 3 nitrogen and oxygen atoms in total. The Hall–Kier alpha value is -2.20. The first kappa shape index (κ1) is 14.7. The molecule has 0 amide bonds. The fourth-order valence-corrected chi connectivity index (χ4v) is 2.90. The number of H-pyrrole nitrogens is 1. The van der Waals surface area contributed by atoms with Gasteiger partial charge in [0.1, 0.15) is 11.4 Å². The van der Waals surface area contributed by atoms with Crippen molar-refractivity contribution in [3.05, 3.63) is 65.5 Å². The Kier molecular flexibility index (Phi) is 3.49. The summed E-state index contributed by atoms with van der Waals surface area (Å²) in [6.45, 7) is 5.64. The molecule has 114 valence electrons. The number of hydrogen-bond acceptors (Lipinski definition) is 2. The van der Waals surface area contributed by atoms with Crippen LogP contribution in [0.3, 0.4) is 0 Å². The van der Waals surface area contributed by atoms with Crippen LogP contribution in [0.5, 0.6) is 0 Å². The normalized spacial score (nSPS) is 14.5. The van der Waals surface area contributed by atoms with E-state index < -0.39 is 5.60 Å². The molecule has 1 atom stereocenters. The largest absolute Gasteiger partial charge is 0.379 e. The maximum atomic E-state index is 14.2. The Bertz CT molecular complexity index is 811. The first-order valence-electron chi connectivity index (χ1n) is 7.35. The molecule has 0 fully saturated rings. The van der Waals surface area contributed by atoms with Crippen molar-refractivity contribution in [1.29, 1.82) is 0 Å². The number of aryl methyl sites for hydroxylation is 1. The fourth-order valence-electron chi connectivity index (χ4n) is 2.90. The summed E-state index contributed by atoms with van der Waals surface area (Å²) in [7, 11) is 0. The minimum Gasteiger partial charge on any atom is -0.379 e. The van der Waals surface area contributed by atoms with Crippen LogP contribution in [0, 0.1) is 18.7 Å². The maximum absolute atomic E-state index is 14.2. The molecule has 0 saturated carbocycles. The van der Waals surface area contributed by atoms with Crippen LogP contribution in [-0.4, -0.2) is 15.1 Å². The molecule has 1 aromatic heterocycles. The number of halogens is 1. The number of benzene rings is 2. The highest BCUT2D eigenvalue weighted by Crippen LogP contribution is 2.37. The molecule has 0 aliphatic rings. The average molecular weight is 298 g/mol. The highest BCUT2D eigenvalue weighted by atomic mass is 19.1. The average Bonchev–Trinajstić information content (AvgIpc) is 3.04. The Morgan fingerprint density at radius 1 is 1.23 bits per heavy atom. The predicted molar refractivity (Wildman–Crippen MR) is 85.1 cm³/mol. The Morgan fingerprint density at radius 3 is 2.64 bits per heavy atom. The van der Waals surface area contributed by atoms with Gasteiger partial charge in [0.25, 0.3) is 0 Å². The number of fused-ring (bicyclic) bond motifs is 1. The zero-order valence-corrected chi connectivity index (χ0v) is 12.9. The van der Waals surface area contributed by atoms with E-state index in [4.69, 9.17) is 0 Å². The molecular weight excluding hydrogens is 279 g/mol. The van der Waals surface area contributed by atoms with E-state index in [1.807, 2.05) is 26.0 Å². The first-order valence-corrected chi connectivity index (χ1v) is 7.35. The highest BCUT2D eigenvalue weighted by molar-refractivity contribution is 5.84. The lowest BCUT2D eigenvalue weighted by atomic mass is 9.80. The smallest absolute Gasteiger partial charge is 0.133 e. The standard InChI is InChI=1S/C18H19FN2O/c1-11(2)18(22,16-9-20-10-21-16)14-6-7-15-13(8-14)5-4-12(3)17(15)19/h4-11,22H,1-3H3,(H,20,21). The third-order valence-electron chi connectivity index (χ3n) is 4.33. The zero-order chi connectivity index (χ0) is 15.9. The van der Waals surface area contributed by atoms with Gasteiger partial charge in [-0.25, -0.2) is 9.37 Å². The highest BCUT2D eigenvalue weighted by Gasteiger charge is 2.36. The molecule has 2 aromatic carbocycles. The van der Waals surface area contributed by atoms with E-state index in [2.05, 4.69) is 9.97 Å².